The summed E-state index contributed by atoms with van der Waals surface area (Å²) in [7, 11) is -3.14. The van der Waals surface area contributed by atoms with E-state index in [4.69, 9.17) is 5.26 Å². The van der Waals surface area contributed by atoms with Gasteiger partial charge in [0.25, 0.3) is 0 Å². The van der Waals surface area contributed by atoms with Crippen molar-refractivity contribution in [2.24, 2.45) is 5.92 Å². The Morgan fingerprint density at radius 1 is 1.58 bits per heavy atom. The molecule has 70 valence electrons. The van der Waals surface area contributed by atoms with Gasteiger partial charge in [-0.25, -0.2) is 12.7 Å². The van der Waals surface area contributed by atoms with Crippen molar-refractivity contribution in [1.82, 2.24) is 4.31 Å². The maximum Gasteiger partial charge on any atom is 0.211 e. The molecular weight excluding hydrogens is 176 g/mol. The molecule has 0 aliphatic heterocycles. The number of rotatable bonds is 4. The van der Waals surface area contributed by atoms with Gasteiger partial charge < -0.3 is 0 Å². The molecule has 0 bridgehead atoms. The fourth-order valence-corrected chi connectivity index (χ4v) is 1.81. The normalized spacial score (nSPS) is 14.2. The number of sulfonamides is 1. The van der Waals surface area contributed by atoms with Crippen LogP contribution < -0.4 is 0 Å². The van der Waals surface area contributed by atoms with E-state index in [0.717, 1.165) is 6.26 Å². The second kappa shape index (κ2) is 4.43. The van der Waals surface area contributed by atoms with Crippen LogP contribution in [-0.2, 0) is 10.0 Å². The number of nitrogens with zero attached hydrogens (tertiary/aromatic N) is 2. The third-order valence-electron chi connectivity index (χ3n) is 1.52. The first kappa shape index (κ1) is 11.4. The topological polar surface area (TPSA) is 61.2 Å². The third kappa shape index (κ3) is 3.69. The summed E-state index contributed by atoms with van der Waals surface area (Å²) in [4.78, 5) is 0. The summed E-state index contributed by atoms with van der Waals surface area (Å²) in [6.07, 6.45) is 1.15. The Bertz CT molecular complexity index is 266. The highest BCUT2D eigenvalue weighted by molar-refractivity contribution is 7.88. The lowest BCUT2D eigenvalue weighted by Crippen LogP contribution is -2.33. The molecule has 0 saturated heterocycles. The summed E-state index contributed by atoms with van der Waals surface area (Å²) >= 11 is 0. The summed E-state index contributed by atoms with van der Waals surface area (Å²) in [6.45, 7) is 4.16. The van der Waals surface area contributed by atoms with E-state index in [0.29, 0.717) is 6.54 Å². The minimum Gasteiger partial charge on any atom is -0.213 e. The van der Waals surface area contributed by atoms with Crippen LogP contribution in [0.25, 0.3) is 0 Å². The second-order valence-electron chi connectivity index (χ2n) is 2.74. The van der Waals surface area contributed by atoms with Crippen molar-refractivity contribution in [3.8, 4) is 6.07 Å². The molecule has 0 spiro atoms. The molecule has 0 heterocycles. The van der Waals surface area contributed by atoms with Crippen LogP contribution in [-0.4, -0.2) is 32.1 Å². The Morgan fingerprint density at radius 3 is 2.33 bits per heavy atom. The van der Waals surface area contributed by atoms with Gasteiger partial charge in [0.15, 0.2) is 0 Å². The van der Waals surface area contributed by atoms with E-state index in [1.54, 1.807) is 13.8 Å². The summed E-state index contributed by atoms with van der Waals surface area (Å²) in [5.41, 5.74) is 0. The van der Waals surface area contributed by atoms with Crippen molar-refractivity contribution < 1.29 is 8.42 Å². The Labute approximate surface area is 73.8 Å². The molecule has 5 heteroatoms. The van der Waals surface area contributed by atoms with E-state index in [2.05, 4.69) is 0 Å². The maximum atomic E-state index is 11.0. The highest BCUT2D eigenvalue weighted by Gasteiger charge is 2.16. The molecule has 0 aromatic carbocycles. The molecule has 0 fully saturated rings. The molecule has 0 aromatic rings. The van der Waals surface area contributed by atoms with Gasteiger partial charge in [-0.1, -0.05) is 6.92 Å². The van der Waals surface area contributed by atoms with Crippen LogP contribution in [0.5, 0.6) is 0 Å². The van der Waals surface area contributed by atoms with Crippen LogP contribution in [0.1, 0.15) is 13.8 Å². The van der Waals surface area contributed by atoms with Crippen molar-refractivity contribution in [2.75, 3.05) is 19.3 Å². The Balaban J connectivity index is 4.32. The monoisotopic (exact) mass is 190 g/mol. The summed E-state index contributed by atoms with van der Waals surface area (Å²) in [5, 5.41) is 8.47. The largest absolute Gasteiger partial charge is 0.213 e. The first-order valence-corrected chi connectivity index (χ1v) is 5.61. The van der Waals surface area contributed by atoms with E-state index in [1.807, 2.05) is 6.07 Å². The lowest BCUT2D eigenvalue weighted by molar-refractivity contribution is 0.403. The van der Waals surface area contributed by atoms with Crippen LogP contribution in [0, 0.1) is 17.2 Å². The van der Waals surface area contributed by atoms with Crippen LogP contribution in [0.3, 0.4) is 0 Å². The first-order chi connectivity index (χ1) is 5.41. The summed E-state index contributed by atoms with van der Waals surface area (Å²) < 4.78 is 23.4. The predicted octanol–water partition coefficient (Wildman–Crippen LogP) is 0.428. The lowest BCUT2D eigenvalue weighted by atomic mass is 10.2. The van der Waals surface area contributed by atoms with Gasteiger partial charge in [-0.3, -0.25) is 0 Å². The number of hydrogen-bond donors (Lipinski definition) is 0. The number of hydrogen-bond acceptors (Lipinski definition) is 3. The molecule has 0 aliphatic rings. The van der Waals surface area contributed by atoms with Crippen LogP contribution >= 0.6 is 0 Å². The molecule has 0 radical (unpaired) electrons. The predicted molar refractivity (Wildman–Crippen MR) is 46.9 cm³/mol. The molecule has 0 aliphatic carbocycles. The summed E-state index contributed by atoms with van der Waals surface area (Å²) in [6, 6.07) is 2.00. The van der Waals surface area contributed by atoms with Crippen molar-refractivity contribution in [2.45, 2.75) is 13.8 Å². The zero-order valence-corrected chi connectivity index (χ0v) is 8.43. The third-order valence-corrected chi connectivity index (χ3v) is 2.86. The minimum absolute atomic E-state index is 0.250. The molecular formula is C7H14N2O2S. The van der Waals surface area contributed by atoms with Gasteiger partial charge >= 0.3 is 0 Å². The lowest BCUT2D eigenvalue weighted by Gasteiger charge is -2.18. The molecule has 0 aromatic heterocycles. The highest BCUT2D eigenvalue weighted by Crippen LogP contribution is 2.02. The van der Waals surface area contributed by atoms with Crippen molar-refractivity contribution in [3.63, 3.8) is 0 Å². The Morgan fingerprint density at radius 2 is 2.08 bits per heavy atom. The SMILES string of the molecule is CCN(CC(C)C#N)S(C)(=O)=O. The van der Waals surface area contributed by atoms with Crippen LogP contribution in [0.4, 0.5) is 0 Å². The van der Waals surface area contributed by atoms with Gasteiger partial charge in [-0.15, -0.1) is 0 Å². The van der Waals surface area contributed by atoms with E-state index in [-0.39, 0.29) is 12.5 Å². The van der Waals surface area contributed by atoms with E-state index < -0.39 is 10.0 Å². The molecule has 1 atom stereocenters. The standard InChI is InChI=1S/C7H14N2O2S/c1-4-9(12(3,10)11)6-7(2)5-8/h7H,4,6H2,1-3H3. The van der Waals surface area contributed by atoms with Gasteiger partial charge in [-0.2, -0.15) is 5.26 Å². The average molecular weight is 190 g/mol. The van der Waals surface area contributed by atoms with Crippen LogP contribution in [0.15, 0.2) is 0 Å². The second-order valence-corrected chi connectivity index (χ2v) is 4.73. The minimum atomic E-state index is -3.14. The Kier molecular flexibility index (Phi) is 4.21. The fourth-order valence-electron chi connectivity index (χ4n) is 0.845. The smallest absolute Gasteiger partial charge is 0.211 e. The first-order valence-electron chi connectivity index (χ1n) is 3.76. The van der Waals surface area contributed by atoms with Crippen LogP contribution in [0.2, 0.25) is 0 Å². The van der Waals surface area contributed by atoms with Gasteiger partial charge in [-0.05, 0) is 6.92 Å². The molecule has 12 heavy (non-hydrogen) atoms. The van der Waals surface area contributed by atoms with E-state index >= 15 is 0 Å². The van der Waals surface area contributed by atoms with Gasteiger partial charge in [0, 0.05) is 13.1 Å². The molecule has 0 amide bonds. The van der Waals surface area contributed by atoms with Crippen molar-refractivity contribution in [3.05, 3.63) is 0 Å². The zero-order chi connectivity index (χ0) is 9.78. The van der Waals surface area contributed by atoms with Gasteiger partial charge in [0.05, 0.1) is 18.2 Å². The summed E-state index contributed by atoms with van der Waals surface area (Å²) in [5.74, 6) is -0.250. The molecule has 0 N–H and O–H groups in total. The average Bonchev–Trinajstić information content (AvgIpc) is 1.97. The van der Waals surface area contributed by atoms with E-state index in [9.17, 15) is 8.42 Å². The van der Waals surface area contributed by atoms with E-state index in [1.165, 1.54) is 4.31 Å². The molecule has 0 saturated carbocycles. The maximum absolute atomic E-state index is 11.0. The van der Waals surface area contributed by atoms with Crippen molar-refractivity contribution >= 4 is 10.0 Å². The molecule has 4 nitrogen and oxygen atoms in total. The van der Waals surface area contributed by atoms with Crippen molar-refractivity contribution in [1.29, 1.82) is 5.26 Å². The zero-order valence-electron chi connectivity index (χ0n) is 7.61. The highest BCUT2D eigenvalue weighted by atomic mass is 32.2. The molecule has 0 rings (SSSR count). The van der Waals surface area contributed by atoms with Gasteiger partial charge in [0.2, 0.25) is 10.0 Å². The fraction of sp³-hybridized carbons (Fsp3) is 0.857. The Hall–Kier alpha value is -0.600. The number of nitriles is 1. The molecule has 1 unspecified atom stereocenters. The quantitative estimate of drug-likeness (QED) is 0.645. The van der Waals surface area contributed by atoms with Gasteiger partial charge in [0.1, 0.15) is 0 Å².